The van der Waals surface area contributed by atoms with Gasteiger partial charge in [0.05, 0.1) is 5.75 Å². The van der Waals surface area contributed by atoms with E-state index < -0.39 is 5.97 Å². The number of nitrogens with zero attached hydrogens (tertiary/aromatic N) is 5. The monoisotopic (exact) mass is 267 g/mol. The summed E-state index contributed by atoms with van der Waals surface area (Å²) < 4.78 is 3.50. The Labute approximate surface area is 108 Å². The highest BCUT2D eigenvalue weighted by Crippen LogP contribution is 2.21. The van der Waals surface area contributed by atoms with E-state index in [0.717, 1.165) is 17.5 Å². The van der Waals surface area contributed by atoms with Gasteiger partial charge in [-0.15, -0.1) is 10.2 Å². The van der Waals surface area contributed by atoms with Gasteiger partial charge in [-0.1, -0.05) is 11.8 Å². The summed E-state index contributed by atoms with van der Waals surface area (Å²) in [6.45, 7) is 3.75. The molecule has 18 heavy (non-hydrogen) atoms. The van der Waals surface area contributed by atoms with Crippen molar-refractivity contribution in [3.8, 4) is 5.82 Å². The summed E-state index contributed by atoms with van der Waals surface area (Å²) in [6, 6.07) is 1.90. The van der Waals surface area contributed by atoms with Crippen molar-refractivity contribution in [1.82, 2.24) is 24.5 Å². The smallest absolute Gasteiger partial charge is 0.313 e. The first-order valence-corrected chi connectivity index (χ1v) is 6.25. The molecule has 2 aromatic rings. The lowest BCUT2D eigenvalue weighted by Crippen LogP contribution is -2.04. The number of thioether (sulfide) groups is 1. The molecule has 0 bridgehead atoms. The standard InChI is InChI=1S/C10H13N5O2S/c1-6-4-8(13-14(6)3)15-7(2)11-12-10(15)18-5-9(16)17/h4H,5H2,1-3H3,(H,16,17). The number of carboxylic acid groups (broad SMARTS) is 1. The van der Waals surface area contributed by atoms with Crippen molar-refractivity contribution in [2.75, 3.05) is 5.75 Å². The van der Waals surface area contributed by atoms with Gasteiger partial charge in [-0.05, 0) is 13.8 Å². The molecule has 0 spiro atoms. The molecule has 0 atom stereocenters. The predicted molar refractivity (Wildman–Crippen MR) is 66.0 cm³/mol. The first kappa shape index (κ1) is 12.6. The maximum atomic E-state index is 10.6. The van der Waals surface area contributed by atoms with Crippen molar-refractivity contribution in [1.29, 1.82) is 0 Å². The average Bonchev–Trinajstić information content (AvgIpc) is 2.80. The van der Waals surface area contributed by atoms with Crippen LogP contribution in [0.5, 0.6) is 0 Å². The maximum Gasteiger partial charge on any atom is 0.313 e. The molecule has 0 aromatic carbocycles. The van der Waals surface area contributed by atoms with Gasteiger partial charge in [0, 0.05) is 18.8 Å². The normalized spacial score (nSPS) is 10.8. The van der Waals surface area contributed by atoms with Gasteiger partial charge in [-0.3, -0.25) is 14.0 Å². The lowest BCUT2D eigenvalue weighted by Gasteiger charge is -2.03. The van der Waals surface area contributed by atoms with Gasteiger partial charge in [0.25, 0.3) is 0 Å². The quantitative estimate of drug-likeness (QED) is 0.824. The lowest BCUT2D eigenvalue weighted by molar-refractivity contribution is -0.133. The summed E-state index contributed by atoms with van der Waals surface area (Å²) in [7, 11) is 1.85. The summed E-state index contributed by atoms with van der Waals surface area (Å²) in [5.74, 6) is 0.444. The van der Waals surface area contributed by atoms with Gasteiger partial charge in [-0.2, -0.15) is 5.10 Å². The fourth-order valence-electron chi connectivity index (χ4n) is 1.48. The zero-order valence-electron chi connectivity index (χ0n) is 10.3. The van der Waals surface area contributed by atoms with E-state index in [1.807, 2.05) is 27.0 Å². The van der Waals surface area contributed by atoms with E-state index in [1.165, 1.54) is 0 Å². The van der Waals surface area contributed by atoms with Crippen LogP contribution in [0.2, 0.25) is 0 Å². The lowest BCUT2D eigenvalue weighted by atomic mass is 10.4. The van der Waals surface area contributed by atoms with Gasteiger partial charge in [-0.25, -0.2) is 0 Å². The van der Waals surface area contributed by atoms with E-state index in [-0.39, 0.29) is 5.75 Å². The molecular weight excluding hydrogens is 254 g/mol. The molecule has 0 aliphatic carbocycles. The third-order valence-electron chi connectivity index (χ3n) is 2.45. The first-order valence-electron chi connectivity index (χ1n) is 5.26. The summed E-state index contributed by atoms with van der Waals surface area (Å²) in [6.07, 6.45) is 0. The number of aryl methyl sites for hydroxylation is 3. The van der Waals surface area contributed by atoms with Crippen LogP contribution in [-0.2, 0) is 11.8 Å². The summed E-state index contributed by atoms with van der Waals surface area (Å²) >= 11 is 1.13. The summed E-state index contributed by atoms with van der Waals surface area (Å²) in [5, 5.41) is 21.5. The molecule has 0 fully saturated rings. The number of rotatable bonds is 4. The minimum Gasteiger partial charge on any atom is -0.481 e. The van der Waals surface area contributed by atoms with E-state index >= 15 is 0 Å². The Morgan fingerprint density at radius 3 is 2.72 bits per heavy atom. The molecular formula is C10H13N5O2S. The predicted octanol–water partition coefficient (Wildman–Crippen LogP) is 0.794. The molecule has 2 heterocycles. The van der Waals surface area contributed by atoms with Crippen LogP contribution in [0.1, 0.15) is 11.5 Å². The van der Waals surface area contributed by atoms with Gasteiger partial charge < -0.3 is 5.11 Å². The number of aliphatic carboxylic acids is 1. The van der Waals surface area contributed by atoms with Crippen LogP contribution < -0.4 is 0 Å². The molecule has 0 saturated carbocycles. The fraction of sp³-hybridized carbons (Fsp3) is 0.400. The Morgan fingerprint density at radius 1 is 1.44 bits per heavy atom. The molecule has 0 radical (unpaired) electrons. The van der Waals surface area contributed by atoms with Crippen LogP contribution >= 0.6 is 11.8 Å². The van der Waals surface area contributed by atoms with Crippen molar-refractivity contribution >= 4 is 17.7 Å². The molecule has 0 saturated heterocycles. The number of aromatic nitrogens is 5. The topological polar surface area (TPSA) is 85.8 Å². The van der Waals surface area contributed by atoms with Crippen LogP contribution in [0.4, 0.5) is 0 Å². The van der Waals surface area contributed by atoms with Crippen molar-refractivity contribution in [3.05, 3.63) is 17.6 Å². The number of hydrogen-bond acceptors (Lipinski definition) is 5. The Balaban J connectivity index is 2.37. The van der Waals surface area contributed by atoms with E-state index in [9.17, 15) is 4.79 Å². The van der Waals surface area contributed by atoms with Crippen LogP contribution in [-0.4, -0.2) is 41.4 Å². The number of carboxylic acids is 1. The third kappa shape index (κ3) is 2.37. The van der Waals surface area contributed by atoms with Gasteiger partial charge in [0.2, 0.25) is 0 Å². The number of carbonyl (C=O) groups is 1. The van der Waals surface area contributed by atoms with Crippen molar-refractivity contribution in [3.63, 3.8) is 0 Å². The second-order valence-electron chi connectivity index (χ2n) is 3.82. The zero-order valence-corrected chi connectivity index (χ0v) is 11.1. The van der Waals surface area contributed by atoms with Crippen molar-refractivity contribution in [2.24, 2.45) is 7.05 Å². The Bertz CT molecular complexity index is 570. The van der Waals surface area contributed by atoms with Crippen LogP contribution in [0.15, 0.2) is 11.2 Å². The average molecular weight is 267 g/mol. The summed E-state index contributed by atoms with van der Waals surface area (Å²) in [4.78, 5) is 10.6. The van der Waals surface area contributed by atoms with Crippen LogP contribution in [0.25, 0.3) is 5.82 Å². The van der Waals surface area contributed by atoms with Crippen LogP contribution in [0, 0.1) is 13.8 Å². The van der Waals surface area contributed by atoms with Crippen molar-refractivity contribution < 1.29 is 9.90 Å². The molecule has 1 N–H and O–H groups in total. The van der Waals surface area contributed by atoms with Gasteiger partial charge >= 0.3 is 5.97 Å². The van der Waals surface area contributed by atoms with Gasteiger partial charge in [0.1, 0.15) is 5.82 Å². The molecule has 0 aliphatic heterocycles. The van der Waals surface area contributed by atoms with Gasteiger partial charge in [0.15, 0.2) is 11.0 Å². The number of hydrogen-bond donors (Lipinski definition) is 1. The molecule has 0 unspecified atom stereocenters. The Hall–Kier alpha value is -1.83. The molecule has 96 valence electrons. The highest BCUT2D eigenvalue weighted by molar-refractivity contribution is 7.99. The molecule has 7 nitrogen and oxygen atoms in total. The van der Waals surface area contributed by atoms with Crippen LogP contribution in [0.3, 0.4) is 0 Å². The highest BCUT2D eigenvalue weighted by Gasteiger charge is 2.15. The van der Waals surface area contributed by atoms with E-state index in [4.69, 9.17) is 5.11 Å². The maximum absolute atomic E-state index is 10.6. The SMILES string of the molecule is Cc1cc(-n2c(C)nnc2SCC(=O)O)nn1C. The third-order valence-corrected chi connectivity index (χ3v) is 3.36. The fourth-order valence-corrected chi connectivity index (χ4v) is 2.18. The minimum absolute atomic E-state index is 0.0516. The molecule has 0 aliphatic rings. The first-order chi connectivity index (χ1) is 8.49. The largest absolute Gasteiger partial charge is 0.481 e. The van der Waals surface area contributed by atoms with E-state index in [2.05, 4.69) is 15.3 Å². The minimum atomic E-state index is -0.885. The van der Waals surface area contributed by atoms with Crippen molar-refractivity contribution in [2.45, 2.75) is 19.0 Å². The molecule has 2 rings (SSSR count). The van der Waals surface area contributed by atoms with E-state index in [1.54, 1.807) is 9.25 Å². The van der Waals surface area contributed by atoms with E-state index in [0.29, 0.717) is 16.8 Å². The second-order valence-corrected chi connectivity index (χ2v) is 4.76. The second kappa shape index (κ2) is 4.81. The Morgan fingerprint density at radius 2 is 2.17 bits per heavy atom. The summed E-state index contributed by atoms with van der Waals surface area (Å²) in [5.41, 5.74) is 1.01. The molecule has 0 amide bonds. The molecule has 8 heteroatoms. The Kier molecular flexibility index (Phi) is 3.37. The molecule has 2 aromatic heterocycles. The zero-order chi connectivity index (χ0) is 13.3. The highest BCUT2D eigenvalue weighted by atomic mass is 32.2.